The lowest BCUT2D eigenvalue weighted by Crippen LogP contribution is -2.14. The lowest BCUT2D eigenvalue weighted by atomic mass is 9.90. The third kappa shape index (κ3) is 2.15. The quantitative estimate of drug-likeness (QED) is 0.559. The first-order valence-electron chi connectivity index (χ1n) is 3.27. The first-order valence-corrected chi connectivity index (χ1v) is 3.27. The third-order valence-electron chi connectivity index (χ3n) is 1.95. The van der Waals surface area contributed by atoms with Gasteiger partial charge in [-0.05, 0) is 17.8 Å². The van der Waals surface area contributed by atoms with Crippen molar-refractivity contribution in [2.24, 2.45) is 17.1 Å². The maximum Gasteiger partial charge on any atom is 0.00761 e. The average molecular weight is 150 g/mol. The van der Waals surface area contributed by atoms with Crippen LogP contribution in [0.2, 0.25) is 0 Å². The van der Waals surface area contributed by atoms with Crippen molar-refractivity contribution >= 4 is 12.4 Å². The summed E-state index contributed by atoms with van der Waals surface area (Å²) >= 11 is 0. The summed E-state index contributed by atoms with van der Waals surface area (Å²) in [6, 6.07) is 0.509. The lowest BCUT2D eigenvalue weighted by molar-refractivity contribution is 0.343. The topological polar surface area (TPSA) is 26.0 Å². The van der Waals surface area contributed by atoms with Gasteiger partial charge in [0, 0.05) is 6.04 Å². The summed E-state index contributed by atoms with van der Waals surface area (Å²) in [5, 5.41) is 0. The van der Waals surface area contributed by atoms with Gasteiger partial charge >= 0.3 is 0 Å². The second-order valence-electron chi connectivity index (χ2n) is 3.87. The fourth-order valence-electron chi connectivity index (χ4n) is 1.21. The highest BCUT2D eigenvalue weighted by atomic mass is 35.5. The fraction of sp³-hybridized carbons (Fsp3) is 1.00. The van der Waals surface area contributed by atoms with E-state index in [-0.39, 0.29) is 12.4 Å². The Labute approximate surface area is 63.4 Å². The molecule has 2 N–H and O–H groups in total. The smallest absolute Gasteiger partial charge is 0.00761 e. The molecule has 0 aromatic heterocycles. The van der Waals surface area contributed by atoms with Crippen molar-refractivity contribution in [3.63, 3.8) is 0 Å². The van der Waals surface area contributed by atoms with Crippen LogP contribution in [0, 0.1) is 11.3 Å². The van der Waals surface area contributed by atoms with E-state index in [1.165, 1.54) is 6.42 Å². The highest BCUT2D eigenvalue weighted by Crippen LogP contribution is 2.43. The van der Waals surface area contributed by atoms with Crippen LogP contribution >= 0.6 is 12.4 Å². The van der Waals surface area contributed by atoms with E-state index in [1.807, 2.05) is 0 Å². The van der Waals surface area contributed by atoms with Crippen LogP contribution in [0.25, 0.3) is 0 Å². The highest BCUT2D eigenvalue weighted by molar-refractivity contribution is 5.85. The minimum absolute atomic E-state index is 0. The summed E-state index contributed by atoms with van der Waals surface area (Å²) in [5.74, 6) is 0.794. The number of halogens is 1. The van der Waals surface area contributed by atoms with E-state index in [2.05, 4.69) is 20.8 Å². The Kier molecular flexibility index (Phi) is 2.54. The van der Waals surface area contributed by atoms with Gasteiger partial charge in [0.05, 0.1) is 0 Å². The molecule has 1 aliphatic rings. The monoisotopic (exact) mass is 149 g/mol. The Morgan fingerprint density at radius 2 is 1.67 bits per heavy atom. The van der Waals surface area contributed by atoms with Crippen molar-refractivity contribution in [2.45, 2.75) is 33.2 Å². The molecule has 1 aliphatic carbocycles. The highest BCUT2D eigenvalue weighted by Gasteiger charge is 2.42. The van der Waals surface area contributed by atoms with Crippen LogP contribution in [0.15, 0.2) is 0 Å². The Morgan fingerprint density at radius 3 is 1.67 bits per heavy atom. The van der Waals surface area contributed by atoms with Crippen LogP contribution in [-0.4, -0.2) is 6.04 Å². The fourth-order valence-corrected chi connectivity index (χ4v) is 1.21. The largest absolute Gasteiger partial charge is 0.327 e. The molecule has 9 heavy (non-hydrogen) atoms. The molecule has 0 unspecified atom stereocenters. The summed E-state index contributed by atoms with van der Waals surface area (Å²) in [6.45, 7) is 6.76. The van der Waals surface area contributed by atoms with Crippen molar-refractivity contribution in [3.8, 4) is 0 Å². The van der Waals surface area contributed by atoms with Crippen LogP contribution in [0.1, 0.15) is 27.2 Å². The van der Waals surface area contributed by atoms with E-state index in [9.17, 15) is 0 Å². The number of hydrogen-bond donors (Lipinski definition) is 1. The zero-order valence-corrected chi connectivity index (χ0v) is 7.16. The molecule has 56 valence electrons. The molecule has 1 fully saturated rings. The van der Waals surface area contributed by atoms with Crippen molar-refractivity contribution in [3.05, 3.63) is 0 Å². The van der Waals surface area contributed by atoms with Gasteiger partial charge in [0.2, 0.25) is 0 Å². The van der Waals surface area contributed by atoms with Gasteiger partial charge in [0.1, 0.15) is 0 Å². The van der Waals surface area contributed by atoms with Crippen molar-refractivity contribution in [1.29, 1.82) is 0 Å². The van der Waals surface area contributed by atoms with Gasteiger partial charge in [-0.1, -0.05) is 20.8 Å². The number of nitrogens with two attached hydrogens (primary N) is 1. The molecule has 0 radical (unpaired) electrons. The van der Waals surface area contributed by atoms with Crippen LogP contribution in [0.5, 0.6) is 0 Å². The first-order chi connectivity index (χ1) is 3.52. The molecule has 0 aromatic carbocycles. The van der Waals surface area contributed by atoms with Gasteiger partial charge in [-0.2, -0.15) is 0 Å². The normalized spacial score (nSPS) is 33.3. The van der Waals surface area contributed by atoms with E-state index in [0.717, 1.165) is 5.92 Å². The SMILES string of the molecule is CC(C)(C)[C@@H]1C[C@H]1N.Cl. The number of hydrogen-bond acceptors (Lipinski definition) is 1. The molecule has 2 atom stereocenters. The van der Waals surface area contributed by atoms with Gasteiger partial charge in [-0.25, -0.2) is 0 Å². The van der Waals surface area contributed by atoms with E-state index >= 15 is 0 Å². The second kappa shape index (κ2) is 2.47. The molecule has 1 saturated carbocycles. The molecular formula is C7H16ClN. The van der Waals surface area contributed by atoms with Crippen molar-refractivity contribution in [2.75, 3.05) is 0 Å². The van der Waals surface area contributed by atoms with E-state index < -0.39 is 0 Å². The van der Waals surface area contributed by atoms with Crippen LogP contribution < -0.4 is 5.73 Å². The average Bonchev–Trinajstić information content (AvgIpc) is 2.13. The molecule has 0 aromatic rings. The molecule has 2 heteroatoms. The number of rotatable bonds is 0. The first kappa shape index (κ1) is 9.25. The molecule has 0 spiro atoms. The van der Waals surface area contributed by atoms with Gasteiger partial charge in [-0.3, -0.25) is 0 Å². The molecule has 1 nitrogen and oxygen atoms in total. The lowest BCUT2D eigenvalue weighted by Gasteiger charge is -2.16. The van der Waals surface area contributed by atoms with Gasteiger partial charge in [-0.15, -0.1) is 12.4 Å². The molecule has 0 bridgehead atoms. The van der Waals surface area contributed by atoms with Gasteiger partial charge < -0.3 is 5.73 Å². The summed E-state index contributed by atoms with van der Waals surface area (Å²) in [5.41, 5.74) is 6.11. The van der Waals surface area contributed by atoms with Crippen LogP contribution in [0.3, 0.4) is 0 Å². The Morgan fingerprint density at radius 1 is 1.33 bits per heavy atom. The van der Waals surface area contributed by atoms with Gasteiger partial charge in [0.15, 0.2) is 0 Å². The zero-order valence-electron chi connectivity index (χ0n) is 6.35. The van der Waals surface area contributed by atoms with E-state index in [1.54, 1.807) is 0 Å². The Balaban J connectivity index is 0.000000640. The van der Waals surface area contributed by atoms with Crippen molar-refractivity contribution < 1.29 is 0 Å². The summed E-state index contributed by atoms with van der Waals surface area (Å²) < 4.78 is 0. The van der Waals surface area contributed by atoms with Crippen LogP contribution in [-0.2, 0) is 0 Å². The standard InChI is InChI=1S/C7H15N.ClH/c1-7(2,3)5-4-6(5)8;/h5-6H,4,8H2,1-3H3;1H/t5-,6-;/m1./s1. The molecule has 0 saturated heterocycles. The van der Waals surface area contributed by atoms with Crippen LogP contribution in [0.4, 0.5) is 0 Å². The summed E-state index contributed by atoms with van der Waals surface area (Å²) in [7, 11) is 0. The molecule has 1 rings (SSSR count). The molecule has 0 heterocycles. The van der Waals surface area contributed by atoms with E-state index in [4.69, 9.17) is 5.73 Å². The predicted octanol–water partition coefficient (Wildman–Crippen LogP) is 1.80. The Bertz CT molecular complexity index is 95.6. The minimum Gasteiger partial charge on any atom is -0.327 e. The zero-order chi connectivity index (χ0) is 6.36. The van der Waals surface area contributed by atoms with Gasteiger partial charge in [0.25, 0.3) is 0 Å². The predicted molar refractivity (Wildman–Crippen MR) is 42.8 cm³/mol. The summed E-state index contributed by atoms with van der Waals surface area (Å²) in [6.07, 6.45) is 1.24. The molecule has 0 aliphatic heterocycles. The van der Waals surface area contributed by atoms with Crippen molar-refractivity contribution in [1.82, 2.24) is 0 Å². The molecular weight excluding hydrogens is 134 g/mol. The van der Waals surface area contributed by atoms with E-state index in [0.29, 0.717) is 11.5 Å². The minimum atomic E-state index is 0. The second-order valence-corrected chi connectivity index (χ2v) is 3.87. The maximum atomic E-state index is 5.65. The maximum absolute atomic E-state index is 5.65. The molecule has 0 amide bonds. The Hall–Kier alpha value is 0.250. The third-order valence-corrected chi connectivity index (χ3v) is 1.95. The summed E-state index contributed by atoms with van der Waals surface area (Å²) in [4.78, 5) is 0.